The maximum absolute atomic E-state index is 4.87. The Kier molecular flexibility index (Phi) is 2.34. The van der Waals surface area contributed by atoms with E-state index in [-0.39, 0.29) is 5.92 Å². The lowest BCUT2D eigenvalue weighted by molar-refractivity contribution is 0.779. The molecule has 1 heterocycles. The highest BCUT2D eigenvalue weighted by molar-refractivity contribution is 5.77. The molecule has 1 aliphatic rings. The fourth-order valence-electron chi connectivity index (χ4n) is 3.24. The summed E-state index contributed by atoms with van der Waals surface area (Å²) in [6.45, 7) is 2.20. The number of hydrogen-bond donors (Lipinski definition) is 0. The number of allylic oxidation sites excluding steroid dienone is 1. The van der Waals surface area contributed by atoms with Gasteiger partial charge in [-0.05, 0) is 30.2 Å². The van der Waals surface area contributed by atoms with Crippen molar-refractivity contribution in [2.45, 2.75) is 12.8 Å². The van der Waals surface area contributed by atoms with E-state index in [1.54, 1.807) is 0 Å². The van der Waals surface area contributed by atoms with E-state index in [0.29, 0.717) is 0 Å². The largest absolute Gasteiger partial charge is 0.330 e. The van der Waals surface area contributed by atoms with Crippen molar-refractivity contribution in [3.05, 3.63) is 71.1 Å². The third-order valence-corrected chi connectivity index (χ3v) is 4.23. The second kappa shape index (κ2) is 4.07. The Morgan fingerprint density at radius 3 is 2.60 bits per heavy atom. The van der Waals surface area contributed by atoms with E-state index in [0.717, 1.165) is 11.3 Å². The highest BCUT2D eigenvalue weighted by Gasteiger charge is 2.27. The fraction of sp³-hybridized carbons (Fsp3) is 0.167. The van der Waals surface area contributed by atoms with Crippen LogP contribution >= 0.6 is 0 Å². The van der Waals surface area contributed by atoms with Gasteiger partial charge in [-0.2, -0.15) is 0 Å². The van der Waals surface area contributed by atoms with Gasteiger partial charge in [-0.1, -0.05) is 48.0 Å². The molecule has 1 aliphatic carbocycles. The van der Waals surface area contributed by atoms with Crippen LogP contribution in [0, 0.1) is 0 Å². The van der Waals surface area contributed by atoms with Crippen molar-refractivity contribution in [3.8, 4) is 0 Å². The first-order valence-electron chi connectivity index (χ1n) is 6.94. The van der Waals surface area contributed by atoms with Crippen molar-refractivity contribution >= 4 is 17.1 Å². The van der Waals surface area contributed by atoms with E-state index < -0.39 is 0 Å². The van der Waals surface area contributed by atoms with Crippen LogP contribution < -0.4 is 0 Å². The number of para-hydroxylation sites is 2. The van der Waals surface area contributed by atoms with Crippen LogP contribution in [-0.4, -0.2) is 9.55 Å². The smallest absolute Gasteiger partial charge is 0.121 e. The van der Waals surface area contributed by atoms with Gasteiger partial charge in [0, 0.05) is 7.05 Å². The Labute approximate surface area is 118 Å². The zero-order valence-corrected chi connectivity index (χ0v) is 11.7. The molecule has 4 rings (SSSR count). The number of benzene rings is 2. The van der Waals surface area contributed by atoms with Crippen molar-refractivity contribution in [1.29, 1.82) is 0 Å². The molecule has 0 aliphatic heterocycles. The summed E-state index contributed by atoms with van der Waals surface area (Å²) in [4.78, 5) is 4.87. The third-order valence-electron chi connectivity index (χ3n) is 4.23. The van der Waals surface area contributed by atoms with Gasteiger partial charge in [-0.25, -0.2) is 4.98 Å². The van der Waals surface area contributed by atoms with Crippen molar-refractivity contribution in [1.82, 2.24) is 9.55 Å². The second-order valence-electron chi connectivity index (χ2n) is 5.47. The highest BCUT2D eigenvalue weighted by atomic mass is 15.1. The minimum atomic E-state index is 0.281. The molecule has 1 atom stereocenters. The molecule has 2 nitrogen and oxygen atoms in total. The monoisotopic (exact) mass is 260 g/mol. The Morgan fingerprint density at radius 2 is 1.75 bits per heavy atom. The Balaban J connectivity index is 1.96. The Bertz CT molecular complexity index is 840. The van der Waals surface area contributed by atoms with Gasteiger partial charge in [-0.15, -0.1) is 0 Å². The van der Waals surface area contributed by atoms with Crippen LogP contribution in [0.1, 0.15) is 29.8 Å². The molecule has 0 saturated carbocycles. The van der Waals surface area contributed by atoms with E-state index in [9.17, 15) is 0 Å². The number of imidazole rings is 1. The lowest BCUT2D eigenvalue weighted by atomic mass is 9.96. The molecule has 3 aromatic rings. The molecule has 1 aromatic heterocycles. The summed E-state index contributed by atoms with van der Waals surface area (Å²) in [7, 11) is 2.11. The van der Waals surface area contributed by atoms with Crippen molar-refractivity contribution in [2.75, 3.05) is 0 Å². The highest BCUT2D eigenvalue weighted by Crippen LogP contribution is 2.40. The summed E-state index contributed by atoms with van der Waals surface area (Å²) in [6, 6.07) is 16.9. The summed E-state index contributed by atoms with van der Waals surface area (Å²) in [6.07, 6.45) is 2.28. The molecule has 1 unspecified atom stereocenters. The molecule has 0 spiro atoms. The van der Waals surface area contributed by atoms with Crippen molar-refractivity contribution in [2.24, 2.45) is 7.05 Å². The lowest BCUT2D eigenvalue weighted by Gasteiger charge is -2.14. The summed E-state index contributed by atoms with van der Waals surface area (Å²) in [5.74, 6) is 1.41. The Hall–Kier alpha value is -2.35. The number of hydrogen-bond acceptors (Lipinski definition) is 1. The molecule has 98 valence electrons. The molecule has 2 aromatic carbocycles. The number of aromatic nitrogens is 2. The predicted molar refractivity (Wildman–Crippen MR) is 82.7 cm³/mol. The van der Waals surface area contributed by atoms with Crippen molar-refractivity contribution < 1.29 is 0 Å². The van der Waals surface area contributed by atoms with E-state index >= 15 is 0 Å². The van der Waals surface area contributed by atoms with E-state index in [2.05, 4.69) is 67.1 Å². The quantitative estimate of drug-likeness (QED) is 0.643. The SMILES string of the molecule is CC1=Cc2ccccc2C1c1nc2ccccc2n1C. The summed E-state index contributed by atoms with van der Waals surface area (Å²) >= 11 is 0. The average molecular weight is 260 g/mol. The molecule has 0 radical (unpaired) electrons. The van der Waals surface area contributed by atoms with Gasteiger partial charge < -0.3 is 4.57 Å². The fourth-order valence-corrected chi connectivity index (χ4v) is 3.24. The second-order valence-corrected chi connectivity index (χ2v) is 5.47. The zero-order chi connectivity index (χ0) is 13.7. The minimum absolute atomic E-state index is 0.281. The first-order valence-corrected chi connectivity index (χ1v) is 6.94. The van der Waals surface area contributed by atoms with Crippen molar-refractivity contribution in [3.63, 3.8) is 0 Å². The van der Waals surface area contributed by atoms with Gasteiger partial charge in [-0.3, -0.25) is 0 Å². The first-order chi connectivity index (χ1) is 9.75. The molecule has 0 N–H and O–H groups in total. The molecular formula is C18H16N2. The van der Waals surface area contributed by atoms with Crippen LogP contribution in [-0.2, 0) is 7.05 Å². The molecule has 20 heavy (non-hydrogen) atoms. The van der Waals surface area contributed by atoms with E-state index in [1.165, 1.54) is 22.2 Å². The molecule has 0 fully saturated rings. The normalized spacial score (nSPS) is 17.3. The maximum Gasteiger partial charge on any atom is 0.121 e. The topological polar surface area (TPSA) is 17.8 Å². The number of nitrogens with zero attached hydrogens (tertiary/aromatic N) is 2. The molecular weight excluding hydrogens is 244 g/mol. The van der Waals surface area contributed by atoms with Crippen LogP contribution in [0.25, 0.3) is 17.1 Å². The Morgan fingerprint density at radius 1 is 1.00 bits per heavy atom. The zero-order valence-electron chi connectivity index (χ0n) is 11.7. The van der Waals surface area contributed by atoms with Gasteiger partial charge in [0.25, 0.3) is 0 Å². The summed E-state index contributed by atoms with van der Waals surface area (Å²) in [5.41, 5.74) is 6.32. The van der Waals surface area contributed by atoms with Gasteiger partial charge in [0.15, 0.2) is 0 Å². The third kappa shape index (κ3) is 1.48. The van der Waals surface area contributed by atoms with Crippen LogP contribution in [0.15, 0.2) is 54.1 Å². The molecule has 0 bridgehead atoms. The summed E-state index contributed by atoms with van der Waals surface area (Å²) in [5, 5.41) is 0. The maximum atomic E-state index is 4.87. The average Bonchev–Trinajstić information content (AvgIpc) is 2.96. The standard InChI is InChI=1S/C18H16N2/c1-12-11-13-7-3-4-8-14(13)17(12)18-19-15-9-5-6-10-16(15)20(18)2/h3-11,17H,1-2H3. The van der Waals surface area contributed by atoms with Gasteiger partial charge >= 0.3 is 0 Å². The van der Waals surface area contributed by atoms with Crippen LogP contribution in [0.3, 0.4) is 0 Å². The van der Waals surface area contributed by atoms with Crippen LogP contribution in [0.5, 0.6) is 0 Å². The van der Waals surface area contributed by atoms with E-state index in [1.807, 2.05) is 6.07 Å². The van der Waals surface area contributed by atoms with Gasteiger partial charge in [0.2, 0.25) is 0 Å². The number of aryl methyl sites for hydroxylation is 1. The minimum Gasteiger partial charge on any atom is -0.330 e. The van der Waals surface area contributed by atoms with Gasteiger partial charge in [0.1, 0.15) is 5.82 Å². The van der Waals surface area contributed by atoms with Crippen LogP contribution in [0.4, 0.5) is 0 Å². The first kappa shape index (κ1) is 11.5. The van der Waals surface area contributed by atoms with E-state index in [4.69, 9.17) is 4.98 Å². The predicted octanol–water partition coefficient (Wildman–Crippen LogP) is 4.12. The number of fused-ring (bicyclic) bond motifs is 2. The molecule has 0 amide bonds. The lowest BCUT2D eigenvalue weighted by Crippen LogP contribution is -2.07. The number of rotatable bonds is 1. The van der Waals surface area contributed by atoms with Crippen LogP contribution in [0.2, 0.25) is 0 Å². The summed E-state index contributed by atoms with van der Waals surface area (Å²) < 4.78 is 2.22. The molecule has 0 saturated heterocycles. The van der Waals surface area contributed by atoms with Gasteiger partial charge in [0.05, 0.1) is 17.0 Å². The molecule has 2 heteroatoms.